The number of hydrogen-bond donors (Lipinski definition) is 1. The SMILES string of the molecule is CCC(O)CN(Cc1ccc(OC)cc1)Cc1ccco1. The maximum Gasteiger partial charge on any atom is 0.118 e. The van der Waals surface area contributed by atoms with Gasteiger partial charge in [0.25, 0.3) is 0 Å². The van der Waals surface area contributed by atoms with E-state index in [-0.39, 0.29) is 6.10 Å². The summed E-state index contributed by atoms with van der Waals surface area (Å²) in [5.74, 6) is 1.76. The normalized spacial score (nSPS) is 12.6. The molecule has 4 nitrogen and oxygen atoms in total. The molecule has 4 heteroatoms. The van der Waals surface area contributed by atoms with E-state index in [9.17, 15) is 5.11 Å². The summed E-state index contributed by atoms with van der Waals surface area (Å²) >= 11 is 0. The molecule has 1 heterocycles. The van der Waals surface area contributed by atoms with Crippen LogP contribution in [0.15, 0.2) is 47.1 Å². The predicted molar refractivity (Wildman–Crippen MR) is 82.1 cm³/mol. The number of hydrogen-bond acceptors (Lipinski definition) is 4. The highest BCUT2D eigenvalue weighted by atomic mass is 16.5. The fourth-order valence-corrected chi connectivity index (χ4v) is 2.22. The largest absolute Gasteiger partial charge is 0.497 e. The van der Waals surface area contributed by atoms with Crippen molar-refractivity contribution in [3.8, 4) is 5.75 Å². The van der Waals surface area contributed by atoms with Crippen molar-refractivity contribution in [2.45, 2.75) is 32.5 Å². The van der Waals surface area contributed by atoms with E-state index in [0.717, 1.165) is 24.5 Å². The molecule has 114 valence electrons. The highest BCUT2D eigenvalue weighted by Gasteiger charge is 2.13. The second-order valence-corrected chi connectivity index (χ2v) is 5.16. The van der Waals surface area contributed by atoms with Gasteiger partial charge in [-0.2, -0.15) is 0 Å². The lowest BCUT2D eigenvalue weighted by Crippen LogP contribution is -2.31. The minimum absolute atomic E-state index is 0.321. The summed E-state index contributed by atoms with van der Waals surface area (Å²) in [7, 11) is 1.66. The quantitative estimate of drug-likeness (QED) is 0.811. The molecular formula is C17H23NO3. The molecule has 0 aliphatic rings. The molecular weight excluding hydrogens is 266 g/mol. The lowest BCUT2D eigenvalue weighted by atomic mass is 10.1. The van der Waals surface area contributed by atoms with E-state index in [2.05, 4.69) is 4.90 Å². The number of aliphatic hydroxyl groups is 1. The Hall–Kier alpha value is -1.78. The van der Waals surface area contributed by atoms with E-state index in [1.807, 2.05) is 43.3 Å². The summed E-state index contributed by atoms with van der Waals surface area (Å²) < 4.78 is 10.6. The number of aliphatic hydroxyl groups excluding tert-OH is 1. The average Bonchev–Trinajstić information content (AvgIpc) is 3.00. The highest BCUT2D eigenvalue weighted by molar-refractivity contribution is 5.27. The van der Waals surface area contributed by atoms with E-state index in [4.69, 9.17) is 9.15 Å². The van der Waals surface area contributed by atoms with Gasteiger partial charge in [-0.05, 0) is 36.2 Å². The summed E-state index contributed by atoms with van der Waals surface area (Å²) in [6, 6.07) is 11.8. The zero-order valence-corrected chi connectivity index (χ0v) is 12.7. The number of methoxy groups -OCH3 is 1. The summed E-state index contributed by atoms with van der Waals surface area (Å²) in [4.78, 5) is 2.19. The molecule has 1 unspecified atom stereocenters. The van der Waals surface area contributed by atoms with Gasteiger partial charge in [-0.25, -0.2) is 0 Å². The molecule has 0 saturated heterocycles. The number of ether oxygens (including phenoxy) is 1. The van der Waals surface area contributed by atoms with Crippen LogP contribution in [-0.2, 0) is 13.1 Å². The van der Waals surface area contributed by atoms with Gasteiger partial charge in [-0.1, -0.05) is 19.1 Å². The van der Waals surface area contributed by atoms with Crippen LogP contribution in [0, 0.1) is 0 Å². The average molecular weight is 289 g/mol. The van der Waals surface area contributed by atoms with Crippen LogP contribution in [0.1, 0.15) is 24.7 Å². The van der Waals surface area contributed by atoms with Crippen LogP contribution in [0.2, 0.25) is 0 Å². The molecule has 1 aromatic carbocycles. The molecule has 0 bridgehead atoms. The van der Waals surface area contributed by atoms with E-state index in [0.29, 0.717) is 13.1 Å². The third-order valence-corrected chi connectivity index (χ3v) is 3.46. The summed E-state index contributed by atoms with van der Waals surface area (Å²) in [5.41, 5.74) is 1.19. The number of nitrogens with zero attached hydrogens (tertiary/aromatic N) is 1. The Morgan fingerprint density at radius 2 is 1.95 bits per heavy atom. The molecule has 0 fully saturated rings. The Morgan fingerprint density at radius 1 is 1.19 bits per heavy atom. The third-order valence-electron chi connectivity index (χ3n) is 3.46. The van der Waals surface area contributed by atoms with Crippen LogP contribution in [0.25, 0.3) is 0 Å². The minimum atomic E-state index is -0.321. The molecule has 1 N–H and O–H groups in total. The maximum absolute atomic E-state index is 9.92. The van der Waals surface area contributed by atoms with Gasteiger partial charge < -0.3 is 14.3 Å². The molecule has 0 saturated carbocycles. The molecule has 0 aliphatic carbocycles. The maximum atomic E-state index is 9.92. The van der Waals surface area contributed by atoms with E-state index in [1.54, 1.807) is 13.4 Å². The molecule has 0 radical (unpaired) electrons. The lowest BCUT2D eigenvalue weighted by Gasteiger charge is -2.24. The van der Waals surface area contributed by atoms with Gasteiger partial charge in [0.2, 0.25) is 0 Å². The third kappa shape index (κ3) is 4.92. The fourth-order valence-electron chi connectivity index (χ4n) is 2.22. The van der Waals surface area contributed by atoms with E-state index >= 15 is 0 Å². The van der Waals surface area contributed by atoms with Gasteiger partial charge in [0.05, 0.1) is 26.0 Å². The van der Waals surface area contributed by atoms with E-state index < -0.39 is 0 Å². The van der Waals surface area contributed by atoms with Crippen molar-refractivity contribution in [1.29, 1.82) is 0 Å². The van der Waals surface area contributed by atoms with Crippen molar-refractivity contribution in [3.05, 3.63) is 54.0 Å². The number of benzene rings is 1. The Balaban J connectivity index is 2.02. The first-order valence-corrected chi connectivity index (χ1v) is 7.27. The van der Waals surface area contributed by atoms with Gasteiger partial charge in [0, 0.05) is 13.1 Å². The van der Waals surface area contributed by atoms with Crippen LogP contribution in [-0.4, -0.2) is 29.8 Å². The first-order valence-electron chi connectivity index (χ1n) is 7.27. The monoisotopic (exact) mass is 289 g/mol. The van der Waals surface area contributed by atoms with Crippen molar-refractivity contribution in [2.75, 3.05) is 13.7 Å². The van der Waals surface area contributed by atoms with Crippen LogP contribution in [0.5, 0.6) is 5.75 Å². The molecule has 1 atom stereocenters. The van der Waals surface area contributed by atoms with Crippen molar-refractivity contribution >= 4 is 0 Å². The zero-order valence-electron chi connectivity index (χ0n) is 12.7. The molecule has 2 aromatic rings. The van der Waals surface area contributed by atoms with Crippen LogP contribution >= 0.6 is 0 Å². The van der Waals surface area contributed by atoms with Gasteiger partial charge >= 0.3 is 0 Å². The van der Waals surface area contributed by atoms with Gasteiger partial charge in [0.15, 0.2) is 0 Å². The van der Waals surface area contributed by atoms with Crippen LogP contribution in [0.3, 0.4) is 0 Å². The summed E-state index contributed by atoms with van der Waals surface area (Å²) in [6.45, 7) is 4.07. The van der Waals surface area contributed by atoms with Gasteiger partial charge in [0.1, 0.15) is 11.5 Å². The lowest BCUT2D eigenvalue weighted by molar-refractivity contribution is 0.0973. The van der Waals surface area contributed by atoms with Gasteiger partial charge in [-0.3, -0.25) is 4.90 Å². The molecule has 0 amide bonds. The Morgan fingerprint density at radius 3 is 2.52 bits per heavy atom. The van der Waals surface area contributed by atoms with Crippen LogP contribution in [0.4, 0.5) is 0 Å². The molecule has 21 heavy (non-hydrogen) atoms. The number of rotatable bonds is 8. The second kappa shape index (κ2) is 7.86. The molecule has 2 rings (SSSR count). The Kier molecular flexibility index (Phi) is 5.84. The van der Waals surface area contributed by atoms with Crippen molar-refractivity contribution in [1.82, 2.24) is 4.90 Å². The van der Waals surface area contributed by atoms with Crippen molar-refractivity contribution in [3.63, 3.8) is 0 Å². The highest BCUT2D eigenvalue weighted by Crippen LogP contribution is 2.15. The smallest absolute Gasteiger partial charge is 0.118 e. The first-order chi connectivity index (χ1) is 10.2. The number of furan rings is 1. The first kappa shape index (κ1) is 15.6. The van der Waals surface area contributed by atoms with Crippen molar-refractivity contribution < 1.29 is 14.3 Å². The second-order valence-electron chi connectivity index (χ2n) is 5.16. The van der Waals surface area contributed by atoms with Gasteiger partial charge in [-0.15, -0.1) is 0 Å². The Bertz CT molecular complexity index is 507. The molecule has 1 aromatic heterocycles. The zero-order chi connectivity index (χ0) is 15.1. The topological polar surface area (TPSA) is 45.8 Å². The van der Waals surface area contributed by atoms with E-state index in [1.165, 1.54) is 5.56 Å². The molecule has 0 spiro atoms. The van der Waals surface area contributed by atoms with Crippen LogP contribution < -0.4 is 4.74 Å². The predicted octanol–water partition coefficient (Wildman–Crippen LogP) is 3.06. The minimum Gasteiger partial charge on any atom is -0.497 e. The molecule has 0 aliphatic heterocycles. The fraction of sp³-hybridized carbons (Fsp3) is 0.412. The van der Waals surface area contributed by atoms with Crippen molar-refractivity contribution in [2.24, 2.45) is 0 Å². The Labute approximate surface area is 126 Å². The standard InChI is InChI=1S/C17H23NO3/c1-3-15(19)12-18(13-17-5-4-10-21-17)11-14-6-8-16(20-2)9-7-14/h4-10,15,19H,3,11-13H2,1-2H3. The summed E-state index contributed by atoms with van der Waals surface area (Å²) in [5, 5.41) is 9.92. The summed E-state index contributed by atoms with van der Waals surface area (Å²) in [6.07, 6.45) is 2.10.